The molecule has 0 amide bonds. The summed E-state index contributed by atoms with van der Waals surface area (Å²) in [5.74, 6) is 0.642. The Balaban J connectivity index is 2.94. The standard InChI is InChI=1S/C11H21N3/c1-6-8(2)11(12-4)10-7-13-14(5)9(10)3/h7-8,11-12H,6H2,1-5H3. The van der Waals surface area contributed by atoms with E-state index >= 15 is 0 Å². The molecule has 0 saturated carbocycles. The van der Waals surface area contributed by atoms with E-state index in [1.165, 1.54) is 17.7 Å². The second-order valence-corrected chi connectivity index (χ2v) is 3.96. The molecule has 2 unspecified atom stereocenters. The lowest BCUT2D eigenvalue weighted by Gasteiger charge is -2.22. The molecule has 1 aromatic rings. The van der Waals surface area contributed by atoms with Crippen LogP contribution in [0.4, 0.5) is 0 Å². The highest BCUT2D eigenvalue weighted by atomic mass is 15.3. The molecule has 1 rings (SSSR count). The average Bonchev–Trinajstić information content (AvgIpc) is 2.50. The number of nitrogens with one attached hydrogen (secondary N) is 1. The zero-order valence-corrected chi connectivity index (χ0v) is 9.83. The molecule has 0 bridgehead atoms. The number of hydrogen-bond donors (Lipinski definition) is 1. The number of aryl methyl sites for hydroxylation is 1. The maximum Gasteiger partial charge on any atom is 0.0540 e. The molecule has 0 aliphatic heterocycles. The van der Waals surface area contributed by atoms with Crippen LogP contribution in [0.5, 0.6) is 0 Å². The van der Waals surface area contributed by atoms with Crippen LogP contribution >= 0.6 is 0 Å². The van der Waals surface area contributed by atoms with Gasteiger partial charge in [0.05, 0.1) is 6.20 Å². The van der Waals surface area contributed by atoms with Gasteiger partial charge in [-0.1, -0.05) is 20.3 Å². The predicted molar refractivity (Wildman–Crippen MR) is 59.2 cm³/mol. The van der Waals surface area contributed by atoms with Crippen molar-refractivity contribution in [2.24, 2.45) is 13.0 Å². The van der Waals surface area contributed by atoms with E-state index in [1.54, 1.807) is 0 Å². The lowest BCUT2D eigenvalue weighted by molar-refractivity contribution is 0.398. The third-order valence-electron chi connectivity index (χ3n) is 3.13. The van der Waals surface area contributed by atoms with Gasteiger partial charge in [-0.25, -0.2) is 0 Å². The van der Waals surface area contributed by atoms with E-state index in [0.29, 0.717) is 12.0 Å². The van der Waals surface area contributed by atoms with Crippen LogP contribution in [0.1, 0.15) is 37.6 Å². The molecule has 0 radical (unpaired) electrons. The minimum absolute atomic E-state index is 0.425. The van der Waals surface area contributed by atoms with E-state index < -0.39 is 0 Å². The fraction of sp³-hybridized carbons (Fsp3) is 0.727. The van der Waals surface area contributed by atoms with Crippen LogP contribution in [0.3, 0.4) is 0 Å². The van der Waals surface area contributed by atoms with E-state index in [1.807, 2.05) is 25.0 Å². The largest absolute Gasteiger partial charge is 0.313 e. The number of hydrogen-bond acceptors (Lipinski definition) is 2. The van der Waals surface area contributed by atoms with Crippen LogP contribution in [0, 0.1) is 12.8 Å². The van der Waals surface area contributed by atoms with E-state index in [-0.39, 0.29) is 0 Å². The zero-order chi connectivity index (χ0) is 10.7. The zero-order valence-electron chi connectivity index (χ0n) is 9.83. The van der Waals surface area contributed by atoms with Gasteiger partial charge in [0.15, 0.2) is 0 Å². The molecule has 80 valence electrons. The topological polar surface area (TPSA) is 29.9 Å². The first-order valence-corrected chi connectivity index (χ1v) is 5.27. The summed E-state index contributed by atoms with van der Waals surface area (Å²) in [5, 5.41) is 7.65. The first-order valence-electron chi connectivity index (χ1n) is 5.27. The maximum absolute atomic E-state index is 4.28. The van der Waals surface area contributed by atoms with Crippen LogP contribution in [-0.2, 0) is 7.05 Å². The predicted octanol–water partition coefficient (Wildman–Crippen LogP) is 2.04. The first-order chi connectivity index (χ1) is 6.61. The Morgan fingerprint density at radius 1 is 1.57 bits per heavy atom. The smallest absolute Gasteiger partial charge is 0.0540 e. The molecule has 3 nitrogen and oxygen atoms in total. The highest BCUT2D eigenvalue weighted by Crippen LogP contribution is 2.25. The van der Waals surface area contributed by atoms with E-state index in [2.05, 4.69) is 31.2 Å². The normalized spacial score (nSPS) is 15.5. The summed E-state index contributed by atoms with van der Waals surface area (Å²) in [6.45, 7) is 6.61. The van der Waals surface area contributed by atoms with Crippen LogP contribution in [0.15, 0.2) is 6.20 Å². The molecule has 0 aliphatic carbocycles. The third kappa shape index (κ3) is 1.98. The second kappa shape index (κ2) is 4.60. The Morgan fingerprint density at radius 2 is 2.21 bits per heavy atom. The average molecular weight is 195 g/mol. The summed E-state index contributed by atoms with van der Waals surface area (Å²) in [6, 6.07) is 0.425. The van der Waals surface area contributed by atoms with Crippen molar-refractivity contribution in [1.29, 1.82) is 0 Å². The molecule has 1 N–H and O–H groups in total. The first kappa shape index (κ1) is 11.2. The molecular formula is C11H21N3. The fourth-order valence-corrected chi connectivity index (χ4v) is 1.80. The Bertz CT molecular complexity index is 291. The summed E-state index contributed by atoms with van der Waals surface area (Å²) in [6.07, 6.45) is 3.16. The van der Waals surface area contributed by atoms with Gasteiger partial charge in [-0.2, -0.15) is 5.10 Å². The molecule has 0 aromatic carbocycles. The fourth-order valence-electron chi connectivity index (χ4n) is 1.80. The molecule has 14 heavy (non-hydrogen) atoms. The second-order valence-electron chi connectivity index (χ2n) is 3.96. The van der Waals surface area contributed by atoms with Crippen molar-refractivity contribution < 1.29 is 0 Å². The molecule has 0 fully saturated rings. The minimum atomic E-state index is 0.425. The quantitative estimate of drug-likeness (QED) is 0.796. The molecule has 0 aliphatic rings. The summed E-state index contributed by atoms with van der Waals surface area (Å²) in [7, 11) is 4.01. The van der Waals surface area contributed by atoms with Crippen molar-refractivity contribution in [3.05, 3.63) is 17.5 Å². The van der Waals surface area contributed by atoms with Gasteiger partial charge >= 0.3 is 0 Å². The van der Waals surface area contributed by atoms with Gasteiger partial charge in [0.1, 0.15) is 0 Å². The summed E-state index contributed by atoms with van der Waals surface area (Å²) < 4.78 is 1.93. The lowest BCUT2D eigenvalue weighted by atomic mass is 9.93. The summed E-state index contributed by atoms with van der Waals surface area (Å²) in [5.41, 5.74) is 2.58. The molecule has 1 aromatic heterocycles. The number of nitrogens with zero attached hydrogens (tertiary/aromatic N) is 2. The van der Waals surface area contributed by atoms with Crippen molar-refractivity contribution in [2.75, 3.05) is 7.05 Å². The number of rotatable bonds is 4. The van der Waals surface area contributed by atoms with Crippen molar-refractivity contribution in [2.45, 2.75) is 33.2 Å². The molecule has 3 heteroatoms. The van der Waals surface area contributed by atoms with Crippen molar-refractivity contribution in [3.8, 4) is 0 Å². The van der Waals surface area contributed by atoms with Gasteiger partial charge in [-0.05, 0) is 19.9 Å². The molecular weight excluding hydrogens is 174 g/mol. The van der Waals surface area contributed by atoms with Gasteiger partial charge in [0, 0.05) is 24.3 Å². The van der Waals surface area contributed by atoms with Crippen molar-refractivity contribution in [1.82, 2.24) is 15.1 Å². The van der Waals surface area contributed by atoms with Gasteiger partial charge in [-0.3, -0.25) is 4.68 Å². The summed E-state index contributed by atoms with van der Waals surface area (Å²) in [4.78, 5) is 0. The van der Waals surface area contributed by atoms with Gasteiger partial charge < -0.3 is 5.32 Å². The van der Waals surface area contributed by atoms with Gasteiger partial charge in [0.2, 0.25) is 0 Å². The van der Waals surface area contributed by atoms with Gasteiger partial charge in [0.25, 0.3) is 0 Å². The molecule has 2 atom stereocenters. The van der Waals surface area contributed by atoms with Crippen LogP contribution < -0.4 is 5.32 Å². The van der Waals surface area contributed by atoms with Crippen molar-refractivity contribution in [3.63, 3.8) is 0 Å². The van der Waals surface area contributed by atoms with Crippen LogP contribution in [-0.4, -0.2) is 16.8 Å². The number of aromatic nitrogens is 2. The highest BCUT2D eigenvalue weighted by Gasteiger charge is 2.19. The Labute approximate surface area is 86.5 Å². The monoisotopic (exact) mass is 195 g/mol. The Morgan fingerprint density at radius 3 is 2.57 bits per heavy atom. The molecule has 0 spiro atoms. The highest BCUT2D eigenvalue weighted by molar-refractivity contribution is 5.21. The Kier molecular flexibility index (Phi) is 3.69. The van der Waals surface area contributed by atoms with E-state index in [0.717, 1.165) is 0 Å². The van der Waals surface area contributed by atoms with E-state index in [9.17, 15) is 0 Å². The van der Waals surface area contributed by atoms with E-state index in [4.69, 9.17) is 0 Å². The minimum Gasteiger partial charge on any atom is -0.313 e. The Hall–Kier alpha value is -0.830. The lowest BCUT2D eigenvalue weighted by Crippen LogP contribution is -2.23. The third-order valence-corrected chi connectivity index (χ3v) is 3.13. The molecule has 0 saturated heterocycles. The SMILES string of the molecule is CCC(C)C(NC)c1cnn(C)c1C. The van der Waals surface area contributed by atoms with Gasteiger partial charge in [-0.15, -0.1) is 0 Å². The van der Waals surface area contributed by atoms with Crippen LogP contribution in [0.2, 0.25) is 0 Å². The van der Waals surface area contributed by atoms with Crippen LogP contribution in [0.25, 0.3) is 0 Å². The summed E-state index contributed by atoms with van der Waals surface area (Å²) >= 11 is 0. The van der Waals surface area contributed by atoms with Crippen molar-refractivity contribution >= 4 is 0 Å². The molecule has 1 heterocycles. The maximum atomic E-state index is 4.28.